The van der Waals surface area contributed by atoms with E-state index in [0.717, 1.165) is 24.7 Å². The van der Waals surface area contributed by atoms with Crippen LogP contribution in [0.5, 0.6) is 0 Å². The molecule has 2 atom stereocenters. The lowest BCUT2D eigenvalue weighted by Crippen LogP contribution is -2.28. The first-order chi connectivity index (χ1) is 5.25. The molecule has 2 aliphatic rings. The Morgan fingerprint density at radius 2 is 1.58 bits per heavy atom. The summed E-state index contributed by atoms with van der Waals surface area (Å²) in [6.07, 6.45) is 6.20. The van der Waals surface area contributed by atoms with E-state index in [4.69, 9.17) is 5.73 Å². The van der Waals surface area contributed by atoms with Crippen LogP contribution in [0.25, 0.3) is 0 Å². The third-order valence-electron chi connectivity index (χ3n) is 3.29. The molecule has 0 aliphatic heterocycles. The molecule has 0 saturated heterocycles. The Morgan fingerprint density at radius 3 is 2.00 bits per heavy atom. The number of hydrogen-bond donors (Lipinski definition) is 1. The van der Waals surface area contributed by atoms with E-state index < -0.39 is 0 Å². The molecule has 2 saturated carbocycles. The molecule has 2 rings (SSSR count). The standard InChI is InChI=1S/C9H15NO.ClH/c10-9(11)8-4-6-1-2-7(3-6)5-8;/h6-8H,1-5H2,(H2,10,11);1H. The Bertz CT molecular complexity index is 171. The number of halogens is 1. The van der Waals surface area contributed by atoms with Crippen molar-refractivity contribution in [1.82, 2.24) is 0 Å². The van der Waals surface area contributed by atoms with Crippen molar-refractivity contribution < 1.29 is 4.79 Å². The number of amides is 1. The largest absolute Gasteiger partial charge is 0.369 e. The number of rotatable bonds is 1. The summed E-state index contributed by atoms with van der Waals surface area (Å²) in [6, 6.07) is 0. The summed E-state index contributed by atoms with van der Waals surface area (Å²) in [4.78, 5) is 10.9. The van der Waals surface area contributed by atoms with E-state index in [1.165, 1.54) is 19.3 Å². The molecular weight excluding hydrogens is 174 g/mol. The zero-order chi connectivity index (χ0) is 7.84. The predicted octanol–water partition coefficient (Wildman–Crippen LogP) is 1.72. The van der Waals surface area contributed by atoms with Gasteiger partial charge in [-0.15, -0.1) is 12.4 Å². The van der Waals surface area contributed by atoms with Crippen molar-refractivity contribution in [1.29, 1.82) is 0 Å². The highest BCUT2D eigenvalue weighted by atomic mass is 35.5. The van der Waals surface area contributed by atoms with Gasteiger partial charge in [0.25, 0.3) is 0 Å². The van der Waals surface area contributed by atoms with Gasteiger partial charge in [0.05, 0.1) is 0 Å². The van der Waals surface area contributed by atoms with Gasteiger partial charge in [0, 0.05) is 5.92 Å². The molecule has 2 nitrogen and oxygen atoms in total. The minimum Gasteiger partial charge on any atom is -0.369 e. The van der Waals surface area contributed by atoms with Gasteiger partial charge in [0.2, 0.25) is 5.91 Å². The second-order valence-electron chi connectivity index (χ2n) is 4.12. The Hall–Kier alpha value is -0.240. The summed E-state index contributed by atoms with van der Waals surface area (Å²) in [5, 5.41) is 0. The minimum atomic E-state index is -0.0680. The first kappa shape index (κ1) is 9.85. The summed E-state index contributed by atoms with van der Waals surface area (Å²) in [5.41, 5.74) is 5.28. The maximum atomic E-state index is 10.9. The van der Waals surface area contributed by atoms with Crippen LogP contribution < -0.4 is 5.73 Å². The van der Waals surface area contributed by atoms with E-state index in [9.17, 15) is 4.79 Å². The lowest BCUT2D eigenvalue weighted by molar-refractivity contribution is -0.123. The minimum absolute atomic E-state index is 0. The predicted molar refractivity (Wildman–Crippen MR) is 50.0 cm³/mol. The summed E-state index contributed by atoms with van der Waals surface area (Å²) in [6.45, 7) is 0. The second-order valence-corrected chi connectivity index (χ2v) is 4.12. The van der Waals surface area contributed by atoms with Gasteiger partial charge in [-0.1, -0.05) is 12.8 Å². The Balaban J connectivity index is 0.000000720. The molecule has 2 aliphatic carbocycles. The topological polar surface area (TPSA) is 43.1 Å². The first-order valence-corrected chi connectivity index (χ1v) is 4.55. The van der Waals surface area contributed by atoms with Gasteiger partial charge < -0.3 is 5.73 Å². The quantitative estimate of drug-likeness (QED) is 0.671. The van der Waals surface area contributed by atoms with Crippen molar-refractivity contribution in [2.24, 2.45) is 23.5 Å². The van der Waals surface area contributed by atoms with Crippen molar-refractivity contribution in [3.63, 3.8) is 0 Å². The highest BCUT2D eigenvalue weighted by Crippen LogP contribution is 2.44. The average molecular weight is 190 g/mol. The zero-order valence-corrected chi connectivity index (χ0v) is 7.98. The monoisotopic (exact) mass is 189 g/mol. The van der Waals surface area contributed by atoms with Crippen LogP contribution in [-0.4, -0.2) is 5.91 Å². The van der Waals surface area contributed by atoms with Gasteiger partial charge in [-0.2, -0.15) is 0 Å². The van der Waals surface area contributed by atoms with Crippen LogP contribution in [-0.2, 0) is 4.79 Å². The lowest BCUT2D eigenvalue weighted by Gasteiger charge is -2.24. The van der Waals surface area contributed by atoms with E-state index in [1.807, 2.05) is 0 Å². The van der Waals surface area contributed by atoms with Gasteiger partial charge in [0.15, 0.2) is 0 Å². The average Bonchev–Trinajstić information content (AvgIpc) is 2.30. The van der Waals surface area contributed by atoms with Crippen LogP contribution in [0.15, 0.2) is 0 Å². The molecule has 2 unspecified atom stereocenters. The summed E-state index contributed by atoms with van der Waals surface area (Å²) in [5.74, 6) is 1.79. The molecule has 0 aromatic carbocycles. The van der Waals surface area contributed by atoms with Gasteiger partial charge >= 0.3 is 0 Å². The molecule has 0 aromatic rings. The molecule has 12 heavy (non-hydrogen) atoms. The van der Waals surface area contributed by atoms with Crippen molar-refractivity contribution in [2.45, 2.75) is 32.1 Å². The van der Waals surface area contributed by atoms with E-state index in [-0.39, 0.29) is 24.2 Å². The molecule has 2 bridgehead atoms. The molecule has 2 fully saturated rings. The SMILES string of the molecule is Cl.NC(=O)C1CC2CCC(C2)C1. The molecule has 70 valence electrons. The van der Waals surface area contributed by atoms with Crippen LogP contribution >= 0.6 is 12.4 Å². The molecule has 1 amide bonds. The smallest absolute Gasteiger partial charge is 0.220 e. The van der Waals surface area contributed by atoms with Crippen LogP contribution in [0.4, 0.5) is 0 Å². The third-order valence-corrected chi connectivity index (χ3v) is 3.29. The number of fused-ring (bicyclic) bond motifs is 2. The molecule has 0 heterocycles. The van der Waals surface area contributed by atoms with Crippen molar-refractivity contribution >= 4 is 18.3 Å². The van der Waals surface area contributed by atoms with E-state index in [0.29, 0.717) is 0 Å². The molecular formula is C9H16ClNO. The number of carbonyl (C=O) groups is 1. The Labute approximate surface area is 79.3 Å². The van der Waals surface area contributed by atoms with Gasteiger partial charge in [-0.3, -0.25) is 4.79 Å². The molecule has 0 spiro atoms. The Morgan fingerprint density at radius 1 is 1.08 bits per heavy atom. The zero-order valence-electron chi connectivity index (χ0n) is 7.16. The normalized spacial score (nSPS) is 38.8. The van der Waals surface area contributed by atoms with Gasteiger partial charge in [-0.05, 0) is 31.1 Å². The van der Waals surface area contributed by atoms with E-state index in [2.05, 4.69) is 0 Å². The summed E-state index contributed by atoms with van der Waals surface area (Å²) < 4.78 is 0. The highest BCUT2D eigenvalue weighted by Gasteiger charge is 2.35. The fourth-order valence-corrected chi connectivity index (χ4v) is 2.74. The summed E-state index contributed by atoms with van der Waals surface area (Å²) in [7, 11) is 0. The number of carbonyl (C=O) groups excluding carboxylic acids is 1. The van der Waals surface area contributed by atoms with Crippen molar-refractivity contribution in [3.05, 3.63) is 0 Å². The van der Waals surface area contributed by atoms with Crippen LogP contribution in [0, 0.1) is 17.8 Å². The fraction of sp³-hybridized carbons (Fsp3) is 0.889. The van der Waals surface area contributed by atoms with E-state index in [1.54, 1.807) is 0 Å². The van der Waals surface area contributed by atoms with Gasteiger partial charge in [-0.25, -0.2) is 0 Å². The molecule has 0 radical (unpaired) electrons. The van der Waals surface area contributed by atoms with Crippen molar-refractivity contribution in [2.75, 3.05) is 0 Å². The second kappa shape index (κ2) is 3.65. The maximum absolute atomic E-state index is 10.9. The lowest BCUT2D eigenvalue weighted by atomic mass is 9.81. The molecule has 3 heteroatoms. The molecule has 2 N–H and O–H groups in total. The third kappa shape index (κ3) is 1.74. The number of hydrogen-bond acceptors (Lipinski definition) is 1. The summed E-state index contributed by atoms with van der Waals surface area (Å²) >= 11 is 0. The van der Waals surface area contributed by atoms with Crippen molar-refractivity contribution in [3.8, 4) is 0 Å². The van der Waals surface area contributed by atoms with Crippen LogP contribution in [0.1, 0.15) is 32.1 Å². The fourth-order valence-electron chi connectivity index (χ4n) is 2.74. The van der Waals surface area contributed by atoms with E-state index >= 15 is 0 Å². The number of nitrogens with two attached hydrogens (primary N) is 1. The highest BCUT2D eigenvalue weighted by molar-refractivity contribution is 5.85. The first-order valence-electron chi connectivity index (χ1n) is 4.55. The van der Waals surface area contributed by atoms with Crippen LogP contribution in [0.3, 0.4) is 0 Å². The maximum Gasteiger partial charge on any atom is 0.220 e. The van der Waals surface area contributed by atoms with Gasteiger partial charge in [0.1, 0.15) is 0 Å². The van der Waals surface area contributed by atoms with Crippen LogP contribution in [0.2, 0.25) is 0 Å². The molecule has 0 aromatic heterocycles. The Kier molecular flexibility index (Phi) is 2.99. The number of primary amides is 1.